The molecule has 1 aliphatic heterocycles. The molecule has 0 spiro atoms. The Labute approximate surface area is 181 Å². The standard InChI is InChI=1S/C21H24ClN3O4S/c1-24(2)20-9-6-17(22)15-19(20)23-21(26)10-5-16-3-7-18(8-4-16)30(27,28)25-11-13-29-14-12-25/h3-10,15H,11-14H2,1-2H3,(H,23,26)/b10-5+. The number of ether oxygens (including phenoxy) is 1. The van der Waals surface area contributed by atoms with Gasteiger partial charge < -0.3 is 15.0 Å². The second kappa shape index (κ2) is 9.61. The van der Waals surface area contributed by atoms with Crippen molar-refractivity contribution in [3.05, 3.63) is 59.1 Å². The summed E-state index contributed by atoms with van der Waals surface area (Å²) in [6.07, 6.45) is 3.02. The Balaban J connectivity index is 1.68. The minimum atomic E-state index is -3.53. The number of amides is 1. The van der Waals surface area contributed by atoms with E-state index in [4.69, 9.17) is 16.3 Å². The van der Waals surface area contributed by atoms with Crippen LogP contribution in [0, 0.1) is 0 Å². The van der Waals surface area contributed by atoms with Gasteiger partial charge in [-0.05, 0) is 42.0 Å². The minimum absolute atomic E-state index is 0.223. The average molecular weight is 450 g/mol. The van der Waals surface area contributed by atoms with Crippen molar-refractivity contribution < 1.29 is 17.9 Å². The highest BCUT2D eigenvalue weighted by Gasteiger charge is 2.25. The lowest BCUT2D eigenvalue weighted by Crippen LogP contribution is -2.40. The number of nitrogens with one attached hydrogen (secondary N) is 1. The summed E-state index contributed by atoms with van der Waals surface area (Å²) in [4.78, 5) is 14.4. The van der Waals surface area contributed by atoms with E-state index in [-0.39, 0.29) is 10.8 Å². The molecule has 2 aromatic rings. The predicted octanol–water partition coefficient (Wildman–Crippen LogP) is 3.08. The number of carbonyl (C=O) groups excluding carboxylic acids is 1. The summed E-state index contributed by atoms with van der Waals surface area (Å²) in [5.74, 6) is -0.314. The lowest BCUT2D eigenvalue weighted by atomic mass is 10.2. The molecule has 1 fully saturated rings. The zero-order valence-corrected chi connectivity index (χ0v) is 18.4. The molecule has 1 saturated heterocycles. The Hall–Kier alpha value is -2.39. The molecule has 30 heavy (non-hydrogen) atoms. The van der Waals surface area contributed by atoms with Gasteiger partial charge in [-0.25, -0.2) is 8.42 Å². The number of anilines is 2. The van der Waals surface area contributed by atoms with Crippen LogP contribution in [0.5, 0.6) is 0 Å². The molecule has 3 rings (SSSR count). The fourth-order valence-corrected chi connectivity index (χ4v) is 4.61. The molecular weight excluding hydrogens is 426 g/mol. The third kappa shape index (κ3) is 5.40. The first-order valence-electron chi connectivity index (χ1n) is 9.41. The normalized spacial score (nSPS) is 15.3. The zero-order chi connectivity index (χ0) is 21.7. The van der Waals surface area contributed by atoms with Gasteiger partial charge in [-0.3, -0.25) is 4.79 Å². The van der Waals surface area contributed by atoms with Gasteiger partial charge in [0.05, 0.1) is 29.5 Å². The maximum atomic E-state index is 12.7. The van der Waals surface area contributed by atoms with Crippen molar-refractivity contribution in [2.75, 3.05) is 50.6 Å². The molecule has 0 radical (unpaired) electrons. The summed E-state index contributed by atoms with van der Waals surface area (Å²) < 4.78 is 31.9. The highest BCUT2D eigenvalue weighted by molar-refractivity contribution is 7.89. The Kier molecular flexibility index (Phi) is 7.14. The van der Waals surface area contributed by atoms with Gasteiger partial charge >= 0.3 is 0 Å². The van der Waals surface area contributed by atoms with Gasteiger partial charge in [0.25, 0.3) is 0 Å². The molecule has 0 aliphatic carbocycles. The summed E-state index contributed by atoms with van der Waals surface area (Å²) in [6.45, 7) is 1.50. The van der Waals surface area contributed by atoms with E-state index < -0.39 is 10.0 Å². The molecule has 0 unspecified atom stereocenters. The number of hydrogen-bond donors (Lipinski definition) is 1. The Morgan fingerprint density at radius 2 is 1.80 bits per heavy atom. The number of hydrogen-bond acceptors (Lipinski definition) is 5. The first kappa shape index (κ1) is 22.3. The third-order valence-electron chi connectivity index (χ3n) is 4.61. The van der Waals surface area contributed by atoms with Gasteiger partial charge in [0.1, 0.15) is 0 Å². The van der Waals surface area contributed by atoms with Gasteiger partial charge in [0, 0.05) is 38.3 Å². The third-order valence-corrected chi connectivity index (χ3v) is 6.76. The molecule has 2 aromatic carbocycles. The molecule has 9 heteroatoms. The summed E-state index contributed by atoms with van der Waals surface area (Å²) in [5.41, 5.74) is 2.15. The maximum absolute atomic E-state index is 12.7. The quantitative estimate of drug-likeness (QED) is 0.685. The number of nitrogens with zero attached hydrogens (tertiary/aromatic N) is 2. The van der Waals surface area contributed by atoms with Crippen molar-refractivity contribution in [1.82, 2.24) is 4.31 Å². The molecular formula is C21H24ClN3O4S. The van der Waals surface area contributed by atoms with E-state index >= 15 is 0 Å². The molecule has 1 heterocycles. The van der Waals surface area contributed by atoms with Crippen molar-refractivity contribution in [3.63, 3.8) is 0 Å². The fraction of sp³-hybridized carbons (Fsp3) is 0.286. The predicted molar refractivity (Wildman–Crippen MR) is 119 cm³/mol. The molecule has 1 aliphatic rings. The number of sulfonamides is 1. The molecule has 0 saturated carbocycles. The van der Waals surface area contributed by atoms with Crippen molar-refractivity contribution in [3.8, 4) is 0 Å². The van der Waals surface area contributed by atoms with Gasteiger partial charge in [0.15, 0.2) is 0 Å². The second-order valence-electron chi connectivity index (χ2n) is 6.96. The van der Waals surface area contributed by atoms with Crippen LogP contribution >= 0.6 is 11.6 Å². The zero-order valence-electron chi connectivity index (χ0n) is 16.8. The minimum Gasteiger partial charge on any atom is -0.379 e. The summed E-state index contributed by atoms with van der Waals surface area (Å²) in [5, 5.41) is 3.34. The molecule has 0 bridgehead atoms. The smallest absolute Gasteiger partial charge is 0.248 e. The Morgan fingerprint density at radius 1 is 1.13 bits per heavy atom. The summed E-state index contributed by atoms with van der Waals surface area (Å²) in [7, 11) is 0.218. The van der Waals surface area contributed by atoms with Crippen molar-refractivity contribution in [2.45, 2.75) is 4.90 Å². The van der Waals surface area contributed by atoms with Crippen molar-refractivity contribution in [1.29, 1.82) is 0 Å². The fourth-order valence-electron chi connectivity index (χ4n) is 3.03. The van der Waals surface area contributed by atoms with Gasteiger partial charge in [-0.15, -0.1) is 0 Å². The van der Waals surface area contributed by atoms with Crippen LogP contribution in [0.4, 0.5) is 11.4 Å². The van der Waals surface area contributed by atoms with Crippen LogP contribution in [0.1, 0.15) is 5.56 Å². The molecule has 1 amide bonds. The first-order chi connectivity index (χ1) is 14.3. The van der Waals surface area contributed by atoms with Crippen LogP contribution in [0.25, 0.3) is 6.08 Å². The highest BCUT2D eigenvalue weighted by Crippen LogP contribution is 2.27. The van der Waals surface area contributed by atoms with E-state index in [1.54, 1.807) is 42.5 Å². The van der Waals surface area contributed by atoms with E-state index in [9.17, 15) is 13.2 Å². The van der Waals surface area contributed by atoms with Crippen LogP contribution in [-0.4, -0.2) is 59.0 Å². The number of carbonyl (C=O) groups is 1. The monoisotopic (exact) mass is 449 g/mol. The van der Waals surface area contributed by atoms with Crippen LogP contribution < -0.4 is 10.2 Å². The second-order valence-corrected chi connectivity index (χ2v) is 9.34. The number of halogens is 1. The highest BCUT2D eigenvalue weighted by atomic mass is 35.5. The number of morpholine rings is 1. The molecule has 160 valence electrons. The van der Waals surface area contributed by atoms with E-state index in [1.807, 2.05) is 25.1 Å². The largest absolute Gasteiger partial charge is 0.379 e. The average Bonchev–Trinajstić information content (AvgIpc) is 2.73. The van der Waals surface area contributed by atoms with Crippen LogP contribution in [0.2, 0.25) is 5.02 Å². The lowest BCUT2D eigenvalue weighted by molar-refractivity contribution is -0.111. The van der Waals surface area contributed by atoms with E-state index in [0.29, 0.717) is 42.6 Å². The SMILES string of the molecule is CN(C)c1ccc(Cl)cc1NC(=O)/C=C/c1ccc(S(=O)(=O)N2CCOCC2)cc1. The number of rotatable bonds is 6. The summed E-state index contributed by atoms with van der Waals surface area (Å²) >= 11 is 6.04. The topological polar surface area (TPSA) is 79.0 Å². The molecule has 1 N–H and O–H groups in total. The van der Waals surface area contributed by atoms with E-state index in [1.165, 1.54) is 10.4 Å². The van der Waals surface area contributed by atoms with Crippen LogP contribution in [-0.2, 0) is 19.6 Å². The Morgan fingerprint density at radius 3 is 2.43 bits per heavy atom. The van der Waals surface area contributed by atoms with Crippen molar-refractivity contribution >= 4 is 45.0 Å². The molecule has 7 nitrogen and oxygen atoms in total. The Bertz CT molecular complexity index is 1030. The lowest BCUT2D eigenvalue weighted by Gasteiger charge is -2.26. The van der Waals surface area contributed by atoms with Crippen LogP contribution in [0.3, 0.4) is 0 Å². The number of benzene rings is 2. The van der Waals surface area contributed by atoms with Gasteiger partial charge in [-0.1, -0.05) is 23.7 Å². The van der Waals surface area contributed by atoms with Crippen LogP contribution in [0.15, 0.2) is 53.4 Å². The van der Waals surface area contributed by atoms with Crippen molar-refractivity contribution in [2.24, 2.45) is 0 Å². The van der Waals surface area contributed by atoms with E-state index in [0.717, 1.165) is 5.69 Å². The van der Waals surface area contributed by atoms with Gasteiger partial charge in [-0.2, -0.15) is 4.31 Å². The van der Waals surface area contributed by atoms with Gasteiger partial charge in [0.2, 0.25) is 15.9 Å². The summed E-state index contributed by atoms with van der Waals surface area (Å²) in [6, 6.07) is 11.7. The van der Waals surface area contributed by atoms with E-state index in [2.05, 4.69) is 5.32 Å². The maximum Gasteiger partial charge on any atom is 0.248 e. The molecule has 0 aromatic heterocycles. The molecule has 0 atom stereocenters. The first-order valence-corrected chi connectivity index (χ1v) is 11.2.